The van der Waals surface area contributed by atoms with Crippen molar-refractivity contribution in [1.29, 1.82) is 0 Å². The van der Waals surface area contributed by atoms with Crippen LogP contribution in [-0.4, -0.2) is 49.7 Å². The van der Waals surface area contributed by atoms with Gasteiger partial charge in [-0.3, -0.25) is 0 Å². The van der Waals surface area contributed by atoms with Crippen molar-refractivity contribution in [3.05, 3.63) is 23.6 Å². The molecule has 1 aromatic heterocycles. The van der Waals surface area contributed by atoms with Crippen molar-refractivity contribution in [3.8, 4) is 0 Å². The van der Waals surface area contributed by atoms with Gasteiger partial charge in [-0.05, 0) is 26.1 Å². The molecular weight excluding hydrogens is 243 g/mol. The maximum atomic E-state index is 14.4. The minimum atomic E-state index is -0.171. The standard InChI is InChI=1S/C14H23FN4/c1-3-5-16-11-12-4-6-17-14(13(12)15)19-9-7-18(2)8-10-19/h4,6,16H,3,5,7-11H2,1-2H3. The van der Waals surface area contributed by atoms with Crippen molar-refractivity contribution >= 4 is 5.82 Å². The van der Waals surface area contributed by atoms with E-state index < -0.39 is 0 Å². The Morgan fingerprint density at radius 1 is 1.32 bits per heavy atom. The molecule has 0 atom stereocenters. The normalized spacial score (nSPS) is 16.9. The van der Waals surface area contributed by atoms with Gasteiger partial charge in [0.2, 0.25) is 0 Å². The third-order valence-corrected chi connectivity index (χ3v) is 3.50. The molecule has 1 aliphatic heterocycles. The first-order chi connectivity index (χ1) is 9.22. The Hall–Kier alpha value is -1.20. The third-order valence-electron chi connectivity index (χ3n) is 3.50. The molecular formula is C14H23FN4. The summed E-state index contributed by atoms with van der Waals surface area (Å²) in [6.45, 7) is 7.18. The maximum absolute atomic E-state index is 14.4. The molecule has 0 radical (unpaired) electrons. The van der Waals surface area contributed by atoms with E-state index in [0.29, 0.717) is 17.9 Å². The van der Waals surface area contributed by atoms with E-state index in [1.54, 1.807) is 12.3 Å². The van der Waals surface area contributed by atoms with E-state index in [2.05, 4.69) is 29.2 Å². The van der Waals surface area contributed by atoms with Crippen molar-refractivity contribution in [2.45, 2.75) is 19.9 Å². The summed E-state index contributed by atoms with van der Waals surface area (Å²) in [7, 11) is 2.09. The number of aromatic nitrogens is 1. The minimum Gasteiger partial charge on any atom is -0.352 e. The molecule has 0 saturated carbocycles. The fraction of sp³-hybridized carbons (Fsp3) is 0.643. The summed E-state index contributed by atoms with van der Waals surface area (Å²) in [6.07, 6.45) is 2.76. The van der Waals surface area contributed by atoms with Crippen molar-refractivity contribution in [3.63, 3.8) is 0 Å². The van der Waals surface area contributed by atoms with E-state index in [9.17, 15) is 4.39 Å². The Kier molecular flexibility index (Phi) is 5.10. The van der Waals surface area contributed by atoms with Crippen molar-refractivity contribution < 1.29 is 4.39 Å². The van der Waals surface area contributed by atoms with Gasteiger partial charge in [0.25, 0.3) is 0 Å². The van der Waals surface area contributed by atoms with Gasteiger partial charge in [-0.25, -0.2) is 9.37 Å². The fourth-order valence-corrected chi connectivity index (χ4v) is 2.25. The predicted octanol–water partition coefficient (Wildman–Crippen LogP) is 1.47. The Labute approximate surface area is 114 Å². The van der Waals surface area contributed by atoms with Gasteiger partial charge in [-0.1, -0.05) is 6.92 Å². The number of nitrogens with one attached hydrogen (secondary N) is 1. The molecule has 1 saturated heterocycles. The Bertz CT molecular complexity index is 402. The van der Waals surface area contributed by atoms with Crippen LogP contribution in [0.1, 0.15) is 18.9 Å². The SMILES string of the molecule is CCCNCc1ccnc(N2CCN(C)CC2)c1F. The lowest BCUT2D eigenvalue weighted by Crippen LogP contribution is -2.45. The van der Waals surface area contributed by atoms with Gasteiger partial charge in [-0.2, -0.15) is 0 Å². The molecule has 0 aliphatic carbocycles. The molecule has 1 N–H and O–H groups in total. The van der Waals surface area contributed by atoms with Crippen LogP contribution in [0.2, 0.25) is 0 Å². The molecule has 19 heavy (non-hydrogen) atoms. The van der Waals surface area contributed by atoms with E-state index in [0.717, 1.165) is 39.1 Å². The van der Waals surface area contributed by atoms with E-state index in [1.807, 2.05) is 4.90 Å². The zero-order valence-electron chi connectivity index (χ0n) is 11.8. The summed E-state index contributed by atoms with van der Waals surface area (Å²) in [5.74, 6) is 0.333. The number of anilines is 1. The van der Waals surface area contributed by atoms with Crippen LogP contribution in [0.4, 0.5) is 10.2 Å². The van der Waals surface area contributed by atoms with E-state index in [1.165, 1.54) is 0 Å². The van der Waals surface area contributed by atoms with Crippen LogP contribution in [-0.2, 0) is 6.54 Å². The highest BCUT2D eigenvalue weighted by Gasteiger charge is 2.19. The largest absolute Gasteiger partial charge is 0.352 e. The second-order valence-electron chi connectivity index (χ2n) is 5.07. The van der Waals surface area contributed by atoms with Gasteiger partial charge in [0.05, 0.1) is 0 Å². The van der Waals surface area contributed by atoms with Crippen LogP contribution in [0.5, 0.6) is 0 Å². The number of hydrogen-bond acceptors (Lipinski definition) is 4. The molecule has 0 bridgehead atoms. The molecule has 1 aliphatic rings. The molecule has 5 heteroatoms. The van der Waals surface area contributed by atoms with Gasteiger partial charge in [0.15, 0.2) is 11.6 Å². The second kappa shape index (κ2) is 6.82. The van der Waals surface area contributed by atoms with E-state index in [-0.39, 0.29) is 5.82 Å². The summed E-state index contributed by atoms with van der Waals surface area (Å²) in [5, 5.41) is 3.23. The fourth-order valence-electron chi connectivity index (χ4n) is 2.25. The number of rotatable bonds is 5. The molecule has 106 valence electrons. The smallest absolute Gasteiger partial charge is 0.170 e. The zero-order chi connectivity index (χ0) is 13.7. The zero-order valence-corrected chi connectivity index (χ0v) is 11.8. The highest BCUT2D eigenvalue weighted by atomic mass is 19.1. The Morgan fingerprint density at radius 2 is 2.05 bits per heavy atom. The first-order valence-corrected chi connectivity index (χ1v) is 7.00. The summed E-state index contributed by atoms with van der Waals surface area (Å²) in [5.41, 5.74) is 0.706. The van der Waals surface area contributed by atoms with Gasteiger partial charge in [0, 0.05) is 44.5 Å². The molecule has 1 aromatic rings. The number of piperazine rings is 1. The van der Waals surface area contributed by atoms with Crippen LogP contribution in [0.15, 0.2) is 12.3 Å². The van der Waals surface area contributed by atoms with Gasteiger partial charge >= 0.3 is 0 Å². The van der Waals surface area contributed by atoms with Gasteiger partial charge in [0.1, 0.15) is 0 Å². The third kappa shape index (κ3) is 3.64. The maximum Gasteiger partial charge on any atom is 0.170 e. The van der Waals surface area contributed by atoms with Crippen LogP contribution >= 0.6 is 0 Å². The van der Waals surface area contributed by atoms with Crippen LogP contribution in [0.25, 0.3) is 0 Å². The lowest BCUT2D eigenvalue weighted by Gasteiger charge is -2.33. The number of hydrogen-bond donors (Lipinski definition) is 1. The lowest BCUT2D eigenvalue weighted by atomic mass is 10.2. The Balaban J connectivity index is 2.06. The number of likely N-dealkylation sites (N-methyl/N-ethyl adjacent to an activating group) is 1. The second-order valence-corrected chi connectivity index (χ2v) is 5.07. The molecule has 0 spiro atoms. The average molecular weight is 266 g/mol. The summed E-state index contributed by atoms with van der Waals surface area (Å²) in [4.78, 5) is 8.51. The van der Waals surface area contributed by atoms with Gasteiger partial charge < -0.3 is 15.1 Å². The summed E-state index contributed by atoms with van der Waals surface area (Å²) >= 11 is 0. The summed E-state index contributed by atoms with van der Waals surface area (Å²) in [6, 6.07) is 1.76. The quantitative estimate of drug-likeness (QED) is 0.818. The Morgan fingerprint density at radius 3 is 2.74 bits per heavy atom. The first kappa shape index (κ1) is 14.2. The number of pyridine rings is 1. The monoisotopic (exact) mass is 266 g/mol. The number of halogens is 1. The van der Waals surface area contributed by atoms with Crippen molar-refractivity contribution in [2.24, 2.45) is 0 Å². The van der Waals surface area contributed by atoms with Crippen LogP contribution < -0.4 is 10.2 Å². The molecule has 0 unspecified atom stereocenters. The van der Waals surface area contributed by atoms with E-state index >= 15 is 0 Å². The minimum absolute atomic E-state index is 0.171. The first-order valence-electron chi connectivity index (χ1n) is 7.00. The van der Waals surface area contributed by atoms with Gasteiger partial charge in [-0.15, -0.1) is 0 Å². The molecule has 2 heterocycles. The summed E-state index contributed by atoms with van der Waals surface area (Å²) < 4.78 is 14.4. The number of nitrogens with zero attached hydrogens (tertiary/aromatic N) is 3. The topological polar surface area (TPSA) is 31.4 Å². The van der Waals surface area contributed by atoms with Crippen molar-refractivity contribution in [2.75, 3.05) is 44.7 Å². The molecule has 4 nitrogen and oxygen atoms in total. The lowest BCUT2D eigenvalue weighted by molar-refractivity contribution is 0.310. The van der Waals surface area contributed by atoms with Crippen molar-refractivity contribution in [1.82, 2.24) is 15.2 Å². The predicted molar refractivity (Wildman–Crippen MR) is 75.9 cm³/mol. The molecule has 0 aromatic carbocycles. The van der Waals surface area contributed by atoms with E-state index in [4.69, 9.17) is 0 Å². The van der Waals surface area contributed by atoms with Crippen LogP contribution in [0.3, 0.4) is 0 Å². The van der Waals surface area contributed by atoms with Crippen LogP contribution in [0, 0.1) is 5.82 Å². The molecule has 2 rings (SSSR count). The highest BCUT2D eigenvalue weighted by molar-refractivity contribution is 5.43. The highest BCUT2D eigenvalue weighted by Crippen LogP contribution is 2.20. The molecule has 1 fully saturated rings. The molecule has 0 amide bonds. The average Bonchev–Trinajstić information content (AvgIpc) is 2.42.